The largest absolute Gasteiger partial charge is 0.497 e. The van der Waals surface area contributed by atoms with E-state index in [0.717, 1.165) is 11.7 Å². The zero-order valence-corrected chi connectivity index (χ0v) is 10.9. The van der Waals surface area contributed by atoms with Crippen molar-refractivity contribution in [2.75, 3.05) is 12.4 Å². The van der Waals surface area contributed by atoms with Gasteiger partial charge in [0, 0.05) is 11.7 Å². The van der Waals surface area contributed by atoms with Crippen LogP contribution in [0.25, 0.3) is 0 Å². The summed E-state index contributed by atoms with van der Waals surface area (Å²) in [7, 11) is 1.70. The molecule has 0 heterocycles. The maximum absolute atomic E-state index is 5.16. The summed E-state index contributed by atoms with van der Waals surface area (Å²) in [6.45, 7) is 2.31. The second kappa shape index (κ2) is 5.95. The summed E-state index contributed by atoms with van der Waals surface area (Å²) in [5, 5.41) is 3.61. The number of ether oxygens (including phenoxy) is 1. The third-order valence-corrected chi connectivity index (χ3v) is 3.84. The van der Waals surface area contributed by atoms with Gasteiger partial charge in [0.25, 0.3) is 0 Å². The monoisotopic (exact) mass is 233 g/mol. The number of methoxy groups -OCH3 is 1. The van der Waals surface area contributed by atoms with Crippen molar-refractivity contribution in [1.82, 2.24) is 0 Å². The molecular formula is C15H23NO. The SMILES string of the molecule is COc1ccc(NC(C)C2CCCCC2)cc1. The number of nitrogens with one attached hydrogen (secondary N) is 1. The van der Waals surface area contributed by atoms with Gasteiger partial charge in [-0.15, -0.1) is 0 Å². The molecule has 1 saturated carbocycles. The van der Waals surface area contributed by atoms with Crippen LogP contribution in [0.2, 0.25) is 0 Å². The Kier molecular flexibility index (Phi) is 4.29. The van der Waals surface area contributed by atoms with Crippen LogP contribution >= 0.6 is 0 Å². The van der Waals surface area contributed by atoms with Crippen molar-refractivity contribution in [3.05, 3.63) is 24.3 Å². The first-order valence-electron chi connectivity index (χ1n) is 6.70. The van der Waals surface area contributed by atoms with E-state index in [1.165, 1.54) is 37.8 Å². The Bertz CT molecular complexity index is 327. The average Bonchev–Trinajstić information content (AvgIpc) is 2.40. The quantitative estimate of drug-likeness (QED) is 0.846. The minimum atomic E-state index is 0.573. The summed E-state index contributed by atoms with van der Waals surface area (Å²) in [5.41, 5.74) is 1.20. The number of hydrogen-bond acceptors (Lipinski definition) is 2. The molecule has 1 fully saturated rings. The Balaban J connectivity index is 1.89. The minimum absolute atomic E-state index is 0.573. The van der Waals surface area contributed by atoms with Gasteiger partial charge in [-0.05, 0) is 49.9 Å². The number of benzene rings is 1. The lowest BCUT2D eigenvalue weighted by atomic mass is 9.84. The van der Waals surface area contributed by atoms with E-state index in [9.17, 15) is 0 Å². The van der Waals surface area contributed by atoms with Crippen LogP contribution in [0.15, 0.2) is 24.3 Å². The number of rotatable bonds is 4. The molecule has 17 heavy (non-hydrogen) atoms. The van der Waals surface area contributed by atoms with E-state index < -0.39 is 0 Å². The molecule has 0 aromatic heterocycles. The van der Waals surface area contributed by atoms with Crippen LogP contribution in [0.3, 0.4) is 0 Å². The fourth-order valence-electron chi connectivity index (χ4n) is 2.70. The Morgan fingerprint density at radius 3 is 2.35 bits per heavy atom. The molecule has 1 aliphatic carbocycles. The molecule has 2 heteroatoms. The predicted octanol–water partition coefficient (Wildman–Crippen LogP) is 4.08. The molecule has 0 amide bonds. The van der Waals surface area contributed by atoms with Gasteiger partial charge in [0.1, 0.15) is 5.75 Å². The molecular weight excluding hydrogens is 210 g/mol. The Labute approximate surface area is 104 Å². The summed E-state index contributed by atoms with van der Waals surface area (Å²) in [6, 6.07) is 8.78. The van der Waals surface area contributed by atoms with Crippen molar-refractivity contribution >= 4 is 5.69 Å². The highest BCUT2D eigenvalue weighted by Gasteiger charge is 2.19. The molecule has 0 bridgehead atoms. The molecule has 1 atom stereocenters. The van der Waals surface area contributed by atoms with E-state index in [4.69, 9.17) is 4.74 Å². The van der Waals surface area contributed by atoms with Gasteiger partial charge >= 0.3 is 0 Å². The summed E-state index contributed by atoms with van der Waals surface area (Å²) in [4.78, 5) is 0. The maximum Gasteiger partial charge on any atom is 0.119 e. The third kappa shape index (κ3) is 3.39. The summed E-state index contributed by atoms with van der Waals surface area (Å²) < 4.78 is 5.16. The van der Waals surface area contributed by atoms with Crippen molar-refractivity contribution < 1.29 is 4.74 Å². The lowest BCUT2D eigenvalue weighted by molar-refractivity contribution is 0.328. The van der Waals surface area contributed by atoms with Gasteiger partial charge in [0.05, 0.1) is 7.11 Å². The van der Waals surface area contributed by atoms with E-state index in [1.54, 1.807) is 7.11 Å². The fourth-order valence-corrected chi connectivity index (χ4v) is 2.70. The third-order valence-electron chi connectivity index (χ3n) is 3.84. The van der Waals surface area contributed by atoms with Crippen LogP contribution in [0, 0.1) is 5.92 Å². The van der Waals surface area contributed by atoms with Crippen LogP contribution < -0.4 is 10.1 Å². The summed E-state index contributed by atoms with van der Waals surface area (Å²) in [6.07, 6.45) is 6.99. The lowest BCUT2D eigenvalue weighted by Crippen LogP contribution is -2.27. The predicted molar refractivity (Wildman–Crippen MR) is 72.7 cm³/mol. The van der Waals surface area contributed by atoms with E-state index >= 15 is 0 Å². The van der Waals surface area contributed by atoms with Gasteiger partial charge in [-0.2, -0.15) is 0 Å². The zero-order chi connectivity index (χ0) is 12.1. The first kappa shape index (κ1) is 12.3. The molecule has 94 valence electrons. The van der Waals surface area contributed by atoms with Gasteiger partial charge in [0.2, 0.25) is 0 Å². The summed E-state index contributed by atoms with van der Waals surface area (Å²) >= 11 is 0. The van der Waals surface area contributed by atoms with Crippen LogP contribution in [-0.2, 0) is 0 Å². The van der Waals surface area contributed by atoms with Crippen molar-refractivity contribution in [3.63, 3.8) is 0 Å². The molecule has 2 nitrogen and oxygen atoms in total. The molecule has 0 aliphatic heterocycles. The van der Waals surface area contributed by atoms with Crippen molar-refractivity contribution in [2.24, 2.45) is 5.92 Å². The van der Waals surface area contributed by atoms with Crippen molar-refractivity contribution in [2.45, 2.75) is 45.1 Å². The van der Waals surface area contributed by atoms with Crippen LogP contribution in [0.1, 0.15) is 39.0 Å². The molecule has 0 radical (unpaired) electrons. The second-order valence-corrected chi connectivity index (χ2v) is 5.06. The highest BCUT2D eigenvalue weighted by Crippen LogP contribution is 2.28. The Morgan fingerprint density at radius 1 is 1.12 bits per heavy atom. The van der Waals surface area contributed by atoms with Crippen LogP contribution in [0.5, 0.6) is 5.75 Å². The molecule has 2 rings (SSSR count). The number of hydrogen-bond donors (Lipinski definition) is 1. The molecule has 1 unspecified atom stereocenters. The van der Waals surface area contributed by atoms with E-state index in [1.807, 2.05) is 12.1 Å². The number of anilines is 1. The first-order valence-corrected chi connectivity index (χ1v) is 6.70. The van der Waals surface area contributed by atoms with Gasteiger partial charge < -0.3 is 10.1 Å². The van der Waals surface area contributed by atoms with Gasteiger partial charge in [-0.25, -0.2) is 0 Å². The average molecular weight is 233 g/mol. The van der Waals surface area contributed by atoms with Crippen molar-refractivity contribution in [3.8, 4) is 5.75 Å². The van der Waals surface area contributed by atoms with E-state index in [2.05, 4.69) is 24.4 Å². The minimum Gasteiger partial charge on any atom is -0.497 e. The standard InChI is InChI=1S/C15H23NO/c1-12(13-6-4-3-5-7-13)16-14-8-10-15(17-2)11-9-14/h8-13,16H,3-7H2,1-2H3. The Hall–Kier alpha value is -1.18. The fraction of sp³-hybridized carbons (Fsp3) is 0.600. The van der Waals surface area contributed by atoms with E-state index in [0.29, 0.717) is 6.04 Å². The van der Waals surface area contributed by atoms with Crippen LogP contribution in [-0.4, -0.2) is 13.2 Å². The van der Waals surface area contributed by atoms with E-state index in [-0.39, 0.29) is 0 Å². The topological polar surface area (TPSA) is 21.3 Å². The normalized spacial score (nSPS) is 18.7. The molecule has 1 N–H and O–H groups in total. The van der Waals surface area contributed by atoms with Crippen molar-refractivity contribution in [1.29, 1.82) is 0 Å². The highest BCUT2D eigenvalue weighted by atomic mass is 16.5. The lowest BCUT2D eigenvalue weighted by Gasteiger charge is -2.29. The smallest absolute Gasteiger partial charge is 0.119 e. The summed E-state index contributed by atoms with van der Waals surface area (Å²) in [5.74, 6) is 1.76. The van der Waals surface area contributed by atoms with Gasteiger partial charge in [-0.1, -0.05) is 19.3 Å². The maximum atomic E-state index is 5.16. The molecule has 1 aliphatic rings. The van der Waals surface area contributed by atoms with Crippen LogP contribution in [0.4, 0.5) is 5.69 Å². The first-order chi connectivity index (χ1) is 8.29. The highest BCUT2D eigenvalue weighted by molar-refractivity contribution is 5.47. The van der Waals surface area contributed by atoms with Gasteiger partial charge in [-0.3, -0.25) is 0 Å². The van der Waals surface area contributed by atoms with Gasteiger partial charge in [0.15, 0.2) is 0 Å². The molecule has 1 aromatic rings. The molecule has 1 aromatic carbocycles. The second-order valence-electron chi connectivity index (χ2n) is 5.06. The molecule has 0 saturated heterocycles. The zero-order valence-electron chi connectivity index (χ0n) is 10.9. The Morgan fingerprint density at radius 2 is 1.76 bits per heavy atom. The molecule has 0 spiro atoms.